The van der Waals surface area contributed by atoms with Gasteiger partial charge in [0.05, 0.1) is 12.3 Å². The summed E-state index contributed by atoms with van der Waals surface area (Å²) < 4.78 is 68.8. The van der Waals surface area contributed by atoms with Crippen LogP contribution in [0, 0.1) is 6.92 Å². The molecule has 1 atom stereocenters. The lowest BCUT2D eigenvalue weighted by Gasteiger charge is -2.23. The lowest BCUT2D eigenvalue weighted by atomic mass is 9.96. The molecule has 0 fully saturated rings. The van der Waals surface area contributed by atoms with Crippen LogP contribution in [0.15, 0.2) is 30.3 Å². The first-order valence-corrected chi connectivity index (χ1v) is 14.9. The standard InChI is InChI=1S/C26H31F3N6O5S/c1-16-12-21(33-34(16)2)35-24(31-22(36)15-41(3,38)39)23-20(32-35)14-18(30-25(23)37)9-8-17-6-4-7-19(13-17)40-11-5-10-26(27,28)29/h4,6-7,12-13,18H,5,8-11,14-15H2,1-3H3,(H,30,37)(H,31,36)/t18-/m0/s1. The van der Waals surface area contributed by atoms with E-state index in [1.807, 2.05) is 13.0 Å². The average Bonchev–Trinajstić information content (AvgIpc) is 3.38. The molecule has 2 N–H and O–H groups in total. The normalized spacial score (nSPS) is 15.4. The number of nitrogens with one attached hydrogen (secondary N) is 2. The van der Waals surface area contributed by atoms with Crippen LogP contribution in [0.25, 0.3) is 5.82 Å². The summed E-state index contributed by atoms with van der Waals surface area (Å²) in [6.45, 7) is 1.78. The third kappa shape index (κ3) is 8.08. The molecule has 2 aromatic heterocycles. The van der Waals surface area contributed by atoms with Crippen LogP contribution in [0.1, 0.15) is 46.6 Å². The Bertz CT molecular complexity index is 1530. The number of amides is 2. The van der Waals surface area contributed by atoms with Gasteiger partial charge in [-0.2, -0.15) is 28.1 Å². The second kappa shape index (κ2) is 11.9. The van der Waals surface area contributed by atoms with Gasteiger partial charge in [0.1, 0.15) is 17.1 Å². The minimum Gasteiger partial charge on any atom is -0.494 e. The van der Waals surface area contributed by atoms with Gasteiger partial charge in [-0.3, -0.25) is 14.3 Å². The number of ether oxygens (including phenoxy) is 1. The lowest BCUT2D eigenvalue weighted by Crippen LogP contribution is -2.41. The van der Waals surface area contributed by atoms with Crippen molar-refractivity contribution in [2.45, 2.75) is 51.2 Å². The Labute approximate surface area is 235 Å². The Hall–Kier alpha value is -3.88. The summed E-state index contributed by atoms with van der Waals surface area (Å²) in [6.07, 6.45) is -2.88. The van der Waals surface area contributed by atoms with Crippen molar-refractivity contribution in [3.05, 3.63) is 52.8 Å². The van der Waals surface area contributed by atoms with Gasteiger partial charge in [0.25, 0.3) is 5.91 Å². The summed E-state index contributed by atoms with van der Waals surface area (Å²) in [7, 11) is -1.88. The van der Waals surface area contributed by atoms with E-state index in [0.717, 1.165) is 17.5 Å². The number of benzene rings is 1. The van der Waals surface area contributed by atoms with Crippen molar-refractivity contribution in [3.8, 4) is 11.6 Å². The van der Waals surface area contributed by atoms with Gasteiger partial charge in [-0.05, 0) is 43.9 Å². The Morgan fingerprint density at radius 1 is 1.24 bits per heavy atom. The van der Waals surface area contributed by atoms with E-state index in [4.69, 9.17) is 4.74 Å². The maximum atomic E-state index is 13.2. The van der Waals surface area contributed by atoms with Gasteiger partial charge in [0.2, 0.25) is 5.91 Å². The summed E-state index contributed by atoms with van der Waals surface area (Å²) in [5.41, 5.74) is 2.26. The molecule has 0 saturated heterocycles. The fraction of sp³-hybridized carbons (Fsp3) is 0.462. The minimum absolute atomic E-state index is 0.0399. The molecule has 4 rings (SSSR count). The number of hydrogen-bond acceptors (Lipinski definition) is 7. The number of aromatic nitrogens is 4. The molecule has 0 spiro atoms. The highest BCUT2D eigenvalue weighted by Crippen LogP contribution is 2.29. The maximum absolute atomic E-state index is 13.2. The molecule has 3 heterocycles. The van der Waals surface area contributed by atoms with Gasteiger partial charge in [0, 0.05) is 43.9 Å². The monoisotopic (exact) mass is 596 g/mol. The zero-order valence-electron chi connectivity index (χ0n) is 22.8. The molecule has 0 radical (unpaired) electrons. The van der Waals surface area contributed by atoms with E-state index in [-0.39, 0.29) is 30.5 Å². The first-order chi connectivity index (χ1) is 19.2. The number of carbonyl (C=O) groups excluding carboxylic acids is 2. The molecular weight excluding hydrogens is 565 g/mol. The molecule has 3 aromatic rings. The summed E-state index contributed by atoms with van der Waals surface area (Å²) >= 11 is 0. The molecule has 0 saturated carbocycles. The van der Waals surface area contributed by atoms with E-state index in [2.05, 4.69) is 20.8 Å². The zero-order valence-corrected chi connectivity index (χ0v) is 23.6. The van der Waals surface area contributed by atoms with Crippen LogP contribution in [-0.2, 0) is 34.5 Å². The summed E-state index contributed by atoms with van der Waals surface area (Å²) in [6, 6.07) is 8.49. The van der Waals surface area contributed by atoms with Crippen molar-refractivity contribution in [1.29, 1.82) is 0 Å². The van der Waals surface area contributed by atoms with E-state index in [0.29, 0.717) is 36.5 Å². The number of rotatable bonds is 11. The van der Waals surface area contributed by atoms with Crippen molar-refractivity contribution < 1.29 is 35.9 Å². The largest absolute Gasteiger partial charge is 0.494 e. The van der Waals surface area contributed by atoms with E-state index in [1.54, 1.807) is 36.0 Å². The molecule has 15 heteroatoms. The van der Waals surface area contributed by atoms with E-state index in [9.17, 15) is 31.2 Å². The highest BCUT2D eigenvalue weighted by molar-refractivity contribution is 7.91. The SMILES string of the molecule is Cc1cc(-n2nc3c(c2NC(=O)CS(C)(=O)=O)C(=O)N[C@@H](CCc2cccc(OCCCC(F)(F)F)c2)C3)nn1C. The fourth-order valence-corrected chi connectivity index (χ4v) is 5.04. The van der Waals surface area contributed by atoms with Crippen molar-refractivity contribution in [2.24, 2.45) is 7.05 Å². The summed E-state index contributed by atoms with van der Waals surface area (Å²) in [5.74, 6) is -1.17. The number of sulfone groups is 1. The Kier molecular flexibility index (Phi) is 8.75. The lowest BCUT2D eigenvalue weighted by molar-refractivity contribution is -0.136. The van der Waals surface area contributed by atoms with Gasteiger partial charge in [-0.15, -0.1) is 0 Å². The predicted octanol–water partition coefficient (Wildman–Crippen LogP) is 2.91. The van der Waals surface area contributed by atoms with E-state index >= 15 is 0 Å². The molecule has 1 aliphatic heterocycles. The first-order valence-electron chi connectivity index (χ1n) is 12.9. The highest BCUT2D eigenvalue weighted by Gasteiger charge is 2.33. The number of alkyl halides is 3. The fourth-order valence-electron chi connectivity index (χ4n) is 4.49. The molecule has 0 unspecified atom stereocenters. The highest BCUT2D eigenvalue weighted by atomic mass is 32.2. The average molecular weight is 597 g/mol. The first kappa shape index (κ1) is 30.1. The molecule has 41 heavy (non-hydrogen) atoms. The molecule has 1 aliphatic rings. The second-order valence-electron chi connectivity index (χ2n) is 10.1. The van der Waals surface area contributed by atoms with Gasteiger partial charge >= 0.3 is 6.18 Å². The van der Waals surface area contributed by atoms with Crippen LogP contribution in [0.4, 0.5) is 19.0 Å². The van der Waals surface area contributed by atoms with Crippen molar-refractivity contribution in [2.75, 3.05) is 23.9 Å². The van der Waals surface area contributed by atoms with Crippen LogP contribution in [0.5, 0.6) is 5.75 Å². The topological polar surface area (TPSA) is 137 Å². The second-order valence-corrected chi connectivity index (χ2v) is 12.2. The quantitative estimate of drug-likeness (QED) is 0.325. The molecule has 2 amide bonds. The molecule has 0 bridgehead atoms. The molecule has 11 nitrogen and oxygen atoms in total. The van der Waals surface area contributed by atoms with Crippen LogP contribution >= 0.6 is 0 Å². The summed E-state index contributed by atoms with van der Waals surface area (Å²) in [5, 5.41) is 14.4. The van der Waals surface area contributed by atoms with Crippen LogP contribution in [0.2, 0.25) is 0 Å². The number of carbonyl (C=O) groups is 2. The van der Waals surface area contributed by atoms with Crippen molar-refractivity contribution in [1.82, 2.24) is 24.9 Å². The zero-order chi connectivity index (χ0) is 29.9. The predicted molar refractivity (Wildman–Crippen MR) is 144 cm³/mol. The van der Waals surface area contributed by atoms with Gasteiger partial charge < -0.3 is 15.4 Å². The number of fused-ring (bicyclic) bond motifs is 1. The maximum Gasteiger partial charge on any atom is 0.389 e. The molecular formula is C26H31F3N6O5S. The molecule has 0 aliphatic carbocycles. The van der Waals surface area contributed by atoms with Crippen molar-refractivity contribution in [3.63, 3.8) is 0 Å². The Morgan fingerprint density at radius 2 is 2.00 bits per heavy atom. The van der Waals surface area contributed by atoms with Gasteiger partial charge in [-0.1, -0.05) is 12.1 Å². The third-order valence-electron chi connectivity index (χ3n) is 6.48. The Morgan fingerprint density at radius 3 is 2.66 bits per heavy atom. The number of anilines is 1. The number of halogens is 3. The van der Waals surface area contributed by atoms with Crippen molar-refractivity contribution >= 4 is 27.5 Å². The van der Waals surface area contributed by atoms with Crippen LogP contribution in [-0.4, -0.2) is 70.6 Å². The number of nitrogens with zero attached hydrogens (tertiary/aromatic N) is 4. The number of hydrogen-bond donors (Lipinski definition) is 2. The van der Waals surface area contributed by atoms with Gasteiger partial charge in [0.15, 0.2) is 21.5 Å². The van der Waals surface area contributed by atoms with Gasteiger partial charge in [-0.25, -0.2) is 8.42 Å². The van der Waals surface area contributed by atoms with E-state index in [1.165, 1.54) is 4.68 Å². The molecule has 222 valence electrons. The minimum atomic E-state index is -4.22. The third-order valence-corrected chi connectivity index (χ3v) is 7.27. The van der Waals surface area contributed by atoms with Crippen LogP contribution < -0.4 is 15.4 Å². The smallest absolute Gasteiger partial charge is 0.389 e. The number of aryl methyl sites for hydroxylation is 3. The van der Waals surface area contributed by atoms with E-state index < -0.39 is 40.0 Å². The summed E-state index contributed by atoms with van der Waals surface area (Å²) in [4.78, 5) is 25.7. The Balaban J connectivity index is 1.48. The molecule has 1 aromatic carbocycles. The van der Waals surface area contributed by atoms with Crippen LogP contribution in [0.3, 0.4) is 0 Å².